The minimum Gasteiger partial charge on any atom is -0.462 e. The van der Waals surface area contributed by atoms with Crippen LogP contribution in [0, 0.1) is 11.2 Å². The Morgan fingerprint density at radius 2 is 1.75 bits per heavy atom. The van der Waals surface area contributed by atoms with E-state index >= 15 is 0 Å². The molecule has 4 heterocycles. The number of hydrogen-bond acceptors (Lipinski definition) is 9. The number of hydrogen-bond donors (Lipinski definition) is 2. The highest BCUT2D eigenvalue weighted by Gasteiger charge is 2.54. The molecule has 2 saturated heterocycles. The van der Waals surface area contributed by atoms with E-state index < -0.39 is 28.9 Å². The Balaban J connectivity index is 1.55. The van der Waals surface area contributed by atoms with Crippen LogP contribution >= 0.6 is 0 Å². The van der Waals surface area contributed by atoms with E-state index in [0.29, 0.717) is 28.6 Å². The summed E-state index contributed by atoms with van der Waals surface area (Å²) in [6.07, 6.45) is 4.60. The summed E-state index contributed by atoms with van der Waals surface area (Å²) in [5.74, 6) is -3.42. The number of nitrogens with two attached hydrogens (primary N) is 1. The summed E-state index contributed by atoms with van der Waals surface area (Å²) in [5.41, 5.74) is 6.56. The first-order valence-electron chi connectivity index (χ1n) is 13.3. The van der Waals surface area contributed by atoms with Gasteiger partial charge in [-0.15, -0.1) is 0 Å². The molecule has 2 aliphatic rings. The zero-order valence-electron chi connectivity index (χ0n) is 22.8. The molecule has 40 heavy (non-hydrogen) atoms. The number of primary amides is 1. The first-order valence-corrected chi connectivity index (χ1v) is 13.3. The van der Waals surface area contributed by atoms with Crippen LogP contribution in [0.1, 0.15) is 45.9 Å². The third-order valence-electron chi connectivity index (χ3n) is 7.02. The lowest BCUT2D eigenvalue weighted by Crippen LogP contribution is -2.56. The third kappa shape index (κ3) is 5.28. The highest BCUT2D eigenvalue weighted by Crippen LogP contribution is 2.40. The minimum atomic E-state index is -2.10. The van der Waals surface area contributed by atoms with Crippen molar-refractivity contribution in [1.29, 1.82) is 0 Å². The Morgan fingerprint density at radius 1 is 1.07 bits per heavy atom. The van der Waals surface area contributed by atoms with Gasteiger partial charge in [-0.05, 0) is 70.4 Å². The standard InChI is InChI=1S/C28H33FN6O5/c1-17(2)40-25(37)27(3)15-38-28(23(30)36,39-16-27)24-33-21(18-7-9-19(29)10-8-18)22(34-24)20-11-12-31-26(32-20)35-13-5-4-6-14-35/h7-12,17H,4-6,13-16H2,1-3H3,(H2,30,36)(H,33,34). The number of benzene rings is 1. The molecule has 0 radical (unpaired) electrons. The second-order valence-electron chi connectivity index (χ2n) is 10.7. The SMILES string of the molecule is CC(C)OC(=O)C1(C)COC(C(N)=O)(c2nc(-c3ccc(F)cc3)c(-c3ccnc(N4CCCCC4)n3)[nH]2)OC1. The molecule has 0 spiro atoms. The molecule has 1 amide bonds. The summed E-state index contributed by atoms with van der Waals surface area (Å²) in [6, 6.07) is 7.50. The fraction of sp³-hybridized carbons (Fsp3) is 0.464. The van der Waals surface area contributed by atoms with Gasteiger partial charge in [0.25, 0.3) is 5.91 Å². The van der Waals surface area contributed by atoms with Crippen LogP contribution in [0.5, 0.6) is 0 Å². The Labute approximate surface area is 231 Å². The zero-order valence-corrected chi connectivity index (χ0v) is 22.8. The maximum absolute atomic E-state index is 13.8. The number of H-pyrrole nitrogens is 1. The quantitative estimate of drug-likeness (QED) is 0.422. The molecule has 212 valence electrons. The summed E-state index contributed by atoms with van der Waals surface area (Å²) in [5, 5.41) is 0. The number of carbonyl (C=O) groups is 2. The smallest absolute Gasteiger partial charge is 0.316 e. The third-order valence-corrected chi connectivity index (χ3v) is 7.02. The molecule has 0 aliphatic carbocycles. The second kappa shape index (κ2) is 10.9. The van der Waals surface area contributed by atoms with E-state index in [1.165, 1.54) is 12.1 Å². The molecule has 0 unspecified atom stereocenters. The molecule has 0 atom stereocenters. The molecule has 0 saturated carbocycles. The lowest BCUT2D eigenvalue weighted by molar-refractivity contribution is -0.294. The zero-order chi connectivity index (χ0) is 28.5. The van der Waals surface area contributed by atoms with Gasteiger partial charge in [0.05, 0.1) is 36.4 Å². The van der Waals surface area contributed by atoms with Gasteiger partial charge >= 0.3 is 11.8 Å². The summed E-state index contributed by atoms with van der Waals surface area (Å²) in [4.78, 5) is 44.7. The molecule has 11 nitrogen and oxygen atoms in total. The first kappa shape index (κ1) is 27.7. The number of nitrogens with one attached hydrogen (secondary N) is 1. The number of ether oxygens (including phenoxy) is 3. The van der Waals surface area contributed by atoms with Crippen molar-refractivity contribution in [3.8, 4) is 22.6 Å². The Bertz CT molecular complexity index is 1380. The topological polar surface area (TPSA) is 146 Å². The van der Waals surface area contributed by atoms with Crippen LogP contribution in [-0.2, 0) is 29.6 Å². The van der Waals surface area contributed by atoms with Crippen molar-refractivity contribution >= 4 is 17.8 Å². The van der Waals surface area contributed by atoms with E-state index in [-0.39, 0.29) is 25.1 Å². The number of imidazole rings is 1. The normalized spacial score (nSPS) is 23.3. The highest BCUT2D eigenvalue weighted by atomic mass is 19.1. The lowest BCUT2D eigenvalue weighted by Gasteiger charge is -2.40. The molecule has 0 bridgehead atoms. The number of rotatable bonds is 7. The van der Waals surface area contributed by atoms with E-state index in [9.17, 15) is 14.0 Å². The Kier molecular flexibility index (Phi) is 7.56. The summed E-state index contributed by atoms with van der Waals surface area (Å²) in [7, 11) is 0. The van der Waals surface area contributed by atoms with Gasteiger partial charge in [0, 0.05) is 24.8 Å². The fourth-order valence-corrected chi connectivity index (χ4v) is 4.74. The van der Waals surface area contributed by atoms with Crippen molar-refractivity contribution < 1.29 is 28.2 Å². The minimum absolute atomic E-state index is 0.0215. The van der Waals surface area contributed by atoms with Crippen LogP contribution in [-0.4, -0.2) is 64.2 Å². The van der Waals surface area contributed by atoms with Gasteiger partial charge in [-0.3, -0.25) is 9.59 Å². The molecule has 2 aromatic heterocycles. The molecule has 3 aromatic rings. The predicted molar refractivity (Wildman–Crippen MR) is 143 cm³/mol. The van der Waals surface area contributed by atoms with Crippen LogP contribution < -0.4 is 10.6 Å². The van der Waals surface area contributed by atoms with Gasteiger partial charge in [0.2, 0.25) is 5.95 Å². The number of anilines is 1. The van der Waals surface area contributed by atoms with Crippen molar-refractivity contribution in [3.63, 3.8) is 0 Å². The average molecular weight is 553 g/mol. The number of aromatic nitrogens is 4. The molecule has 2 fully saturated rings. The van der Waals surface area contributed by atoms with Crippen molar-refractivity contribution in [2.75, 3.05) is 31.2 Å². The van der Waals surface area contributed by atoms with E-state index in [0.717, 1.165) is 32.4 Å². The van der Waals surface area contributed by atoms with Crippen LogP contribution in [0.3, 0.4) is 0 Å². The number of halogens is 1. The first-order chi connectivity index (χ1) is 19.1. The van der Waals surface area contributed by atoms with E-state index in [1.807, 2.05) is 0 Å². The molecule has 5 rings (SSSR count). The largest absolute Gasteiger partial charge is 0.462 e. The molecular formula is C28H33FN6O5. The monoisotopic (exact) mass is 552 g/mol. The van der Waals surface area contributed by atoms with Gasteiger partial charge < -0.3 is 29.8 Å². The second-order valence-corrected chi connectivity index (χ2v) is 10.7. The van der Waals surface area contributed by atoms with Gasteiger partial charge in [0.1, 0.15) is 11.2 Å². The highest BCUT2D eigenvalue weighted by molar-refractivity contribution is 5.85. The molecule has 12 heteroatoms. The van der Waals surface area contributed by atoms with Crippen molar-refractivity contribution in [1.82, 2.24) is 19.9 Å². The number of aromatic amines is 1. The number of amides is 1. The predicted octanol–water partition coefficient (Wildman–Crippen LogP) is 3.31. The Hall–Kier alpha value is -3.90. The number of carbonyl (C=O) groups excluding carboxylic acids is 2. The van der Waals surface area contributed by atoms with Crippen molar-refractivity contribution in [2.24, 2.45) is 11.1 Å². The number of nitrogens with zero attached hydrogens (tertiary/aromatic N) is 4. The van der Waals surface area contributed by atoms with Crippen molar-refractivity contribution in [2.45, 2.75) is 51.9 Å². The van der Waals surface area contributed by atoms with Crippen molar-refractivity contribution in [3.05, 3.63) is 48.2 Å². The van der Waals surface area contributed by atoms with E-state index in [4.69, 9.17) is 24.9 Å². The average Bonchev–Trinajstić information content (AvgIpc) is 3.40. The van der Waals surface area contributed by atoms with Gasteiger partial charge in [-0.1, -0.05) is 0 Å². The van der Waals surface area contributed by atoms with Crippen LogP contribution in [0.25, 0.3) is 22.6 Å². The van der Waals surface area contributed by atoms with Gasteiger partial charge in [-0.2, -0.15) is 0 Å². The van der Waals surface area contributed by atoms with E-state index in [2.05, 4.69) is 19.9 Å². The van der Waals surface area contributed by atoms with E-state index in [1.54, 1.807) is 45.2 Å². The molecule has 1 aromatic carbocycles. The summed E-state index contributed by atoms with van der Waals surface area (Å²) < 4.78 is 31.0. The maximum atomic E-state index is 13.8. The van der Waals surface area contributed by atoms with Gasteiger partial charge in [0.15, 0.2) is 5.82 Å². The van der Waals surface area contributed by atoms with Crippen LogP contribution in [0.4, 0.5) is 10.3 Å². The summed E-state index contributed by atoms with van der Waals surface area (Å²) in [6.45, 7) is 6.42. The molecule has 3 N–H and O–H groups in total. The lowest BCUT2D eigenvalue weighted by atomic mass is 9.91. The maximum Gasteiger partial charge on any atom is 0.316 e. The van der Waals surface area contributed by atoms with Gasteiger partial charge in [-0.25, -0.2) is 19.3 Å². The molecular weight excluding hydrogens is 519 g/mol. The Morgan fingerprint density at radius 3 is 2.38 bits per heavy atom. The number of piperidine rings is 1. The van der Waals surface area contributed by atoms with Crippen LogP contribution in [0.15, 0.2) is 36.5 Å². The fourth-order valence-electron chi connectivity index (χ4n) is 4.74. The number of esters is 1. The molecule has 2 aliphatic heterocycles. The van der Waals surface area contributed by atoms with Crippen LogP contribution in [0.2, 0.25) is 0 Å². The summed E-state index contributed by atoms with van der Waals surface area (Å²) >= 11 is 0.